The number of ether oxygens (including phenoxy) is 1. The number of hydrazine groups is 1. The van der Waals surface area contributed by atoms with Gasteiger partial charge in [0.05, 0.1) is 17.1 Å². The maximum absolute atomic E-state index is 12.2. The maximum atomic E-state index is 12.2. The number of halogens is 1. The van der Waals surface area contributed by atoms with E-state index in [2.05, 4.69) is 10.9 Å². The molecular weight excluding hydrogens is 420 g/mol. The number of hydrogen-bond acceptors (Lipinski definition) is 6. The Hall–Kier alpha value is -2.91. The zero-order chi connectivity index (χ0) is 21.4. The van der Waals surface area contributed by atoms with Gasteiger partial charge in [-0.1, -0.05) is 29.3 Å². The molecule has 0 atom stereocenters. The largest absolute Gasteiger partial charge is 0.455 e. The summed E-state index contributed by atoms with van der Waals surface area (Å²) in [5.74, 6) is -2.64. The summed E-state index contributed by atoms with van der Waals surface area (Å²) in [6, 6.07) is 12.2. The van der Waals surface area contributed by atoms with Gasteiger partial charge in [0.15, 0.2) is 16.4 Å². The Balaban J connectivity index is 1.72. The summed E-state index contributed by atoms with van der Waals surface area (Å²) in [4.78, 5) is 35.3. The molecule has 8 nitrogen and oxygen atoms in total. The molecule has 0 unspecified atom stereocenters. The fraction of sp³-hybridized carbons (Fsp3) is 0.211. The standard InChI is InChI=1S/C19H19ClN2O6S/c1-13-2-8-16(9-3-13)29(26,27)11-10-18(24)28-12-17(23)21-22-19(25)14-4-6-15(20)7-5-14/h2-9H,10-12H2,1H3,(H,21,23)(H,22,25). The van der Waals surface area contributed by atoms with E-state index in [9.17, 15) is 22.8 Å². The predicted octanol–water partition coefficient (Wildman–Crippen LogP) is 1.82. The van der Waals surface area contributed by atoms with Crippen molar-refractivity contribution in [1.82, 2.24) is 10.9 Å². The van der Waals surface area contributed by atoms with E-state index in [1.807, 2.05) is 6.92 Å². The zero-order valence-corrected chi connectivity index (χ0v) is 17.0. The first-order valence-corrected chi connectivity index (χ1v) is 10.5. The molecule has 2 rings (SSSR count). The second kappa shape index (κ2) is 10.0. The lowest BCUT2D eigenvalue weighted by atomic mass is 10.2. The van der Waals surface area contributed by atoms with Crippen molar-refractivity contribution >= 4 is 39.2 Å². The van der Waals surface area contributed by atoms with Gasteiger partial charge in [-0.3, -0.25) is 25.2 Å². The van der Waals surface area contributed by atoms with Crippen LogP contribution in [-0.4, -0.2) is 38.6 Å². The van der Waals surface area contributed by atoms with E-state index in [0.29, 0.717) is 5.02 Å². The fourth-order valence-corrected chi connectivity index (χ4v) is 3.48. The van der Waals surface area contributed by atoms with Crippen LogP contribution in [0.3, 0.4) is 0 Å². The quantitative estimate of drug-likeness (QED) is 0.502. The number of sulfone groups is 1. The van der Waals surface area contributed by atoms with Gasteiger partial charge >= 0.3 is 5.97 Å². The van der Waals surface area contributed by atoms with Crippen LogP contribution in [0.5, 0.6) is 0 Å². The van der Waals surface area contributed by atoms with Crippen LogP contribution in [-0.2, 0) is 24.2 Å². The summed E-state index contributed by atoms with van der Waals surface area (Å²) in [5.41, 5.74) is 5.43. The van der Waals surface area contributed by atoms with E-state index in [4.69, 9.17) is 16.3 Å². The van der Waals surface area contributed by atoms with Crippen molar-refractivity contribution in [2.75, 3.05) is 12.4 Å². The molecule has 0 bridgehead atoms. The van der Waals surface area contributed by atoms with Gasteiger partial charge < -0.3 is 4.74 Å². The van der Waals surface area contributed by atoms with Crippen LogP contribution in [0.2, 0.25) is 5.02 Å². The molecule has 0 radical (unpaired) electrons. The van der Waals surface area contributed by atoms with Gasteiger partial charge in [-0.2, -0.15) is 0 Å². The first-order chi connectivity index (χ1) is 13.7. The van der Waals surface area contributed by atoms with Crippen LogP contribution in [0.4, 0.5) is 0 Å². The molecule has 154 valence electrons. The first-order valence-electron chi connectivity index (χ1n) is 8.47. The molecule has 29 heavy (non-hydrogen) atoms. The summed E-state index contributed by atoms with van der Waals surface area (Å²) in [6.45, 7) is 1.17. The molecule has 0 saturated heterocycles. The van der Waals surface area contributed by atoms with Gasteiger partial charge in [0.25, 0.3) is 11.8 Å². The molecule has 2 aromatic carbocycles. The summed E-state index contributed by atoms with van der Waals surface area (Å²) in [6.07, 6.45) is -0.402. The minimum atomic E-state index is -3.63. The fourth-order valence-electron chi connectivity index (χ4n) is 2.14. The Morgan fingerprint density at radius 2 is 1.59 bits per heavy atom. The normalized spacial score (nSPS) is 10.8. The average molecular weight is 439 g/mol. The molecule has 0 saturated carbocycles. The molecular formula is C19H19ClN2O6S. The number of carbonyl (C=O) groups excluding carboxylic acids is 3. The van der Waals surface area contributed by atoms with E-state index in [0.717, 1.165) is 5.56 Å². The van der Waals surface area contributed by atoms with Gasteiger partial charge in [-0.25, -0.2) is 8.42 Å². The van der Waals surface area contributed by atoms with Crippen molar-refractivity contribution in [2.24, 2.45) is 0 Å². The molecule has 10 heteroatoms. The Bertz CT molecular complexity index is 988. The minimum Gasteiger partial charge on any atom is -0.455 e. The zero-order valence-electron chi connectivity index (χ0n) is 15.5. The average Bonchev–Trinajstić information content (AvgIpc) is 2.70. The second-order valence-electron chi connectivity index (χ2n) is 6.05. The molecule has 0 aliphatic heterocycles. The summed E-state index contributed by atoms with van der Waals surface area (Å²) < 4.78 is 29.1. The number of hydrogen-bond donors (Lipinski definition) is 2. The lowest BCUT2D eigenvalue weighted by Crippen LogP contribution is -2.43. The van der Waals surface area contributed by atoms with Crippen molar-refractivity contribution < 1.29 is 27.5 Å². The van der Waals surface area contributed by atoms with Crippen LogP contribution in [0.25, 0.3) is 0 Å². The van der Waals surface area contributed by atoms with Crippen molar-refractivity contribution in [1.29, 1.82) is 0 Å². The summed E-state index contributed by atoms with van der Waals surface area (Å²) >= 11 is 5.72. The van der Waals surface area contributed by atoms with E-state index in [1.54, 1.807) is 12.1 Å². The number of esters is 1. The third-order valence-corrected chi connectivity index (χ3v) is 5.73. The SMILES string of the molecule is Cc1ccc(S(=O)(=O)CCC(=O)OCC(=O)NNC(=O)c2ccc(Cl)cc2)cc1. The minimum absolute atomic E-state index is 0.110. The monoisotopic (exact) mass is 438 g/mol. The predicted molar refractivity (Wildman–Crippen MR) is 106 cm³/mol. The number of carbonyl (C=O) groups is 3. The Morgan fingerprint density at radius 1 is 0.966 bits per heavy atom. The third-order valence-electron chi connectivity index (χ3n) is 3.74. The molecule has 2 aromatic rings. The highest BCUT2D eigenvalue weighted by Crippen LogP contribution is 2.13. The number of amides is 2. The second-order valence-corrected chi connectivity index (χ2v) is 8.60. The van der Waals surface area contributed by atoms with Gasteiger partial charge in [0, 0.05) is 10.6 Å². The Labute approximate surface area is 173 Å². The first kappa shape index (κ1) is 22.4. The summed E-state index contributed by atoms with van der Waals surface area (Å²) in [7, 11) is -3.63. The van der Waals surface area contributed by atoms with E-state index < -0.39 is 46.4 Å². The molecule has 0 heterocycles. The van der Waals surface area contributed by atoms with Gasteiger partial charge in [-0.15, -0.1) is 0 Å². The highest BCUT2D eigenvalue weighted by Gasteiger charge is 2.17. The highest BCUT2D eigenvalue weighted by molar-refractivity contribution is 7.91. The molecule has 2 N–H and O–H groups in total. The third kappa shape index (κ3) is 7.20. The molecule has 0 aromatic heterocycles. The Kier molecular flexibility index (Phi) is 7.74. The molecule has 0 spiro atoms. The topological polar surface area (TPSA) is 119 Å². The van der Waals surface area contributed by atoms with Gasteiger partial charge in [0.1, 0.15) is 0 Å². The van der Waals surface area contributed by atoms with Crippen LogP contribution >= 0.6 is 11.6 Å². The molecule has 2 amide bonds. The van der Waals surface area contributed by atoms with Crippen molar-refractivity contribution in [2.45, 2.75) is 18.2 Å². The number of nitrogens with one attached hydrogen (secondary N) is 2. The van der Waals surface area contributed by atoms with Crippen LogP contribution in [0, 0.1) is 6.92 Å². The van der Waals surface area contributed by atoms with Crippen molar-refractivity contribution in [3.05, 3.63) is 64.7 Å². The van der Waals surface area contributed by atoms with E-state index in [-0.39, 0.29) is 10.5 Å². The van der Waals surface area contributed by atoms with Crippen LogP contribution in [0.1, 0.15) is 22.3 Å². The summed E-state index contributed by atoms with van der Waals surface area (Å²) in [5, 5.41) is 0.460. The van der Waals surface area contributed by atoms with Gasteiger partial charge in [0.2, 0.25) is 0 Å². The van der Waals surface area contributed by atoms with Crippen LogP contribution < -0.4 is 10.9 Å². The highest BCUT2D eigenvalue weighted by atomic mass is 35.5. The van der Waals surface area contributed by atoms with Crippen molar-refractivity contribution in [3.63, 3.8) is 0 Å². The molecule has 0 fully saturated rings. The Morgan fingerprint density at radius 3 is 2.21 bits per heavy atom. The lowest BCUT2D eigenvalue weighted by Gasteiger charge is -2.08. The van der Waals surface area contributed by atoms with Crippen molar-refractivity contribution in [3.8, 4) is 0 Å². The van der Waals surface area contributed by atoms with E-state index in [1.165, 1.54) is 36.4 Å². The number of benzene rings is 2. The van der Waals surface area contributed by atoms with Gasteiger partial charge in [-0.05, 0) is 43.3 Å². The number of aryl methyl sites for hydroxylation is 1. The van der Waals surface area contributed by atoms with Crippen LogP contribution in [0.15, 0.2) is 53.4 Å². The molecule has 0 aliphatic rings. The smallest absolute Gasteiger partial charge is 0.307 e. The number of rotatable bonds is 7. The molecule has 0 aliphatic carbocycles. The van der Waals surface area contributed by atoms with E-state index >= 15 is 0 Å². The maximum Gasteiger partial charge on any atom is 0.307 e. The lowest BCUT2D eigenvalue weighted by molar-refractivity contribution is -0.148.